The van der Waals surface area contributed by atoms with E-state index in [2.05, 4.69) is 15.6 Å². The third-order valence-electron chi connectivity index (χ3n) is 3.29. The molecule has 0 saturated heterocycles. The van der Waals surface area contributed by atoms with Crippen LogP contribution in [0.3, 0.4) is 0 Å². The van der Waals surface area contributed by atoms with Crippen molar-refractivity contribution in [3.05, 3.63) is 0 Å². The third kappa shape index (κ3) is 4.63. The minimum Gasteiger partial charge on any atom is -0.370 e. The van der Waals surface area contributed by atoms with Crippen LogP contribution in [-0.2, 0) is 4.79 Å². The topological polar surface area (TPSA) is 79.5 Å². The van der Waals surface area contributed by atoms with Crippen molar-refractivity contribution in [3.8, 4) is 0 Å². The van der Waals surface area contributed by atoms with E-state index in [9.17, 15) is 4.79 Å². The number of aliphatic imine (C=N–C) groups is 1. The largest absolute Gasteiger partial charge is 0.370 e. The van der Waals surface area contributed by atoms with Crippen LogP contribution in [0, 0.1) is 0 Å². The van der Waals surface area contributed by atoms with Crippen molar-refractivity contribution < 1.29 is 4.79 Å². The molecule has 2 aliphatic carbocycles. The number of hydrogen-bond acceptors (Lipinski definition) is 2. The molecule has 2 aliphatic rings. The van der Waals surface area contributed by atoms with Gasteiger partial charge in [-0.05, 0) is 25.7 Å². The van der Waals surface area contributed by atoms with Gasteiger partial charge in [0.1, 0.15) is 6.54 Å². The SMILES string of the molecule is NC(=NCC(=O)NC1CCCCC1)NC1CC1. The highest BCUT2D eigenvalue weighted by atomic mass is 16.1. The van der Waals surface area contributed by atoms with Gasteiger partial charge in [0.25, 0.3) is 0 Å². The van der Waals surface area contributed by atoms with Crippen molar-refractivity contribution in [2.45, 2.75) is 57.0 Å². The van der Waals surface area contributed by atoms with Crippen molar-refractivity contribution in [2.75, 3.05) is 6.54 Å². The van der Waals surface area contributed by atoms with E-state index in [4.69, 9.17) is 5.73 Å². The van der Waals surface area contributed by atoms with Crippen LogP contribution in [0.5, 0.6) is 0 Å². The zero-order valence-electron chi connectivity index (χ0n) is 10.2. The van der Waals surface area contributed by atoms with Gasteiger partial charge in [0, 0.05) is 12.1 Å². The Labute approximate surface area is 102 Å². The number of guanidine groups is 1. The van der Waals surface area contributed by atoms with E-state index in [-0.39, 0.29) is 12.5 Å². The molecular formula is C12H22N4O. The Kier molecular flexibility index (Phi) is 4.23. The molecule has 0 radical (unpaired) electrons. The molecule has 0 spiro atoms. The number of hydrogen-bond donors (Lipinski definition) is 3. The van der Waals surface area contributed by atoms with Crippen LogP contribution in [0.1, 0.15) is 44.9 Å². The Hall–Kier alpha value is -1.26. The zero-order chi connectivity index (χ0) is 12.1. The molecule has 1 amide bonds. The van der Waals surface area contributed by atoms with Gasteiger partial charge >= 0.3 is 0 Å². The summed E-state index contributed by atoms with van der Waals surface area (Å²) in [7, 11) is 0. The molecule has 5 nitrogen and oxygen atoms in total. The average Bonchev–Trinajstić information content (AvgIpc) is 3.12. The van der Waals surface area contributed by atoms with E-state index in [1.54, 1.807) is 0 Å². The molecule has 5 heteroatoms. The summed E-state index contributed by atoms with van der Waals surface area (Å²) in [6.45, 7) is 0.141. The van der Waals surface area contributed by atoms with Crippen LogP contribution in [0.25, 0.3) is 0 Å². The van der Waals surface area contributed by atoms with E-state index >= 15 is 0 Å². The fraction of sp³-hybridized carbons (Fsp3) is 0.833. The predicted molar refractivity (Wildman–Crippen MR) is 67.7 cm³/mol. The first-order valence-corrected chi connectivity index (χ1v) is 6.60. The summed E-state index contributed by atoms with van der Waals surface area (Å²) in [5.41, 5.74) is 5.65. The fourth-order valence-electron chi connectivity index (χ4n) is 2.16. The maximum absolute atomic E-state index is 11.6. The molecule has 0 heterocycles. The third-order valence-corrected chi connectivity index (χ3v) is 3.29. The van der Waals surface area contributed by atoms with E-state index in [0.717, 1.165) is 25.7 Å². The first-order chi connectivity index (χ1) is 8.24. The summed E-state index contributed by atoms with van der Waals surface area (Å²) in [5.74, 6) is 0.378. The van der Waals surface area contributed by atoms with Crippen molar-refractivity contribution >= 4 is 11.9 Å². The van der Waals surface area contributed by atoms with E-state index in [1.165, 1.54) is 19.3 Å². The lowest BCUT2D eigenvalue weighted by Gasteiger charge is -2.22. The maximum atomic E-state index is 11.6. The summed E-state index contributed by atoms with van der Waals surface area (Å²) >= 11 is 0. The quantitative estimate of drug-likeness (QED) is 0.493. The highest BCUT2D eigenvalue weighted by Crippen LogP contribution is 2.18. The Balaban J connectivity index is 1.65. The molecule has 0 aromatic carbocycles. The van der Waals surface area contributed by atoms with Gasteiger partial charge in [-0.1, -0.05) is 19.3 Å². The van der Waals surface area contributed by atoms with E-state index in [1.807, 2.05) is 0 Å². The van der Waals surface area contributed by atoms with Gasteiger partial charge in [-0.25, -0.2) is 4.99 Å². The summed E-state index contributed by atoms with van der Waals surface area (Å²) in [6.07, 6.45) is 8.26. The molecule has 2 fully saturated rings. The van der Waals surface area contributed by atoms with Crippen molar-refractivity contribution in [1.29, 1.82) is 0 Å². The predicted octanol–water partition coefficient (Wildman–Crippen LogP) is 0.502. The van der Waals surface area contributed by atoms with Crippen molar-refractivity contribution in [2.24, 2.45) is 10.7 Å². The lowest BCUT2D eigenvalue weighted by atomic mass is 9.95. The molecule has 0 atom stereocenters. The van der Waals surface area contributed by atoms with Crippen LogP contribution in [-0.4, -0.2) is 30.5 Å². The average molecular weight is 238 g/mol. The molecule has 2 rings (SSSR count). The number of carbonyl (C=O) groups is 1. The second-order valence-electron chi connectivity index (χ2n) is 5.02. The van der Waals surface area contributed by atoms with Crippen LogP contribution in [0.4, 0.5) is 0 Å². The van der Waals surface area contributed by atoms with Gasteiger partial charge in [-0.2, -0.15) is 0 Å². The summed E-state index contributed by atoms with van der Waals surface area (Å²) in [6, 6.07) is 0.837. The lowest BCUT2D eigenvalue weighted by Crippen LogP contribution is -2.39. The number of nitrogens with zero attached hydrogens (tertiary/aromatic N) is 1. The molecule has 0 aliphatic heterocycles. The van der Waals surface area contributed by atoms with E-state index in [0.29, 0.717) is 18.0 Å². The number of amides is 1. The molecule has 2 saturated carbocycles. The summed E-state index contributed by atoms with van der Waals surface area (Å²) < 4.78 is 0. The molecule has 0 aromatic heterocycles. The zero-order valence-corrected chi connectivity index (χ0v) is 10.2. The first kappa shape index (κ1) is 12.2. The van der Waals surface area contributed by atoms with Crippen molar-refractivity contribution in [1.82, 2.24) is 10.6 Å². The highest BCUT2D eigenvalue weighted by molar-refractivity contribution is 5.84. The van der Waals surface area contributed by atoms with Gasteiger partial charge in [-0.15, -0.1) is 0 Å². The van der Waals surface area contributed by atoms with Gasteiger partial charge in [0.05, 0.1) is 0 Å². The monoisotopic (exact) mass is 238 g/mol. The lowest BCUT2D eigenvalue weighted by molar-refractivity contribution is -0.120. The van der Waals surface area contributed by atoms with Crippen molar-refractivity contribution in [3.63, 3.8) is 0 Å². The minimum absolute atomic E-state index is 0.0163. The standard InChI is InChI=1S/C12H22N4O/c13-12(16-10-6-7-10)14-8-11(17)15-9-4-2-1-3-5-9/h9-10H,1-8H2,(H,15,17)(H3,13,14,16). The maximum Gasteiger partial charge on any atom is 0.242 e. The normalized spacial score (nSPS) is 22.2. The number of rotatable bonds is 4. The molecule has 96 valence electrons. The molecule has 4 N–H and O–H groups in total. The Morgan fingerprint density at radius 3 is 2.35 bits per heavy atom. The summed E-state index contributed by atoms with van der Waals surface area (Å²) in [5, 5.41) is 6.07. The number of nitrogens with two attached hydrogens (primary N) is 1. The molecule has 0 unspecified atom stereocenters. The van der Waals surface area contributed by atoms with Crippen LogP contribution < -0.4 is 16.4 Å². The molecule has 0 aromatic rings. The summed E-state index contributed by atoms with van der Waals surface area (Å²) in [4.78, 5) is 15.7. The Morgan fingerprint density at radius 2 is 1.71 bits per heavy atom. The van der Waals surface area contributed by atoms with Gasteiger partial charge in [0.15, 0.2) is 5.96 Å². The molecular weight excluding hydrogens is 216 g/mol. The van der Waals surface area contributed by atoms with Crippen LogP contribution in [0.2, 0.25) is 0 Å². The van der Waals surface area contributed by atoms with Crippen LogP contribution in [0.15, 0.2) is 4.99 Å². The second-order valence-corrected chi connectivity index (χ2v) is 5.02. The minimum atomic E-state index is -0.0163. The highest BCUT2D eigenvalue weighted by Gasteiger charge is 2.21. The van der Waals surface area contributed by atoms with Gasteiger partial charge < -0.3 is 16.4 Å². The fourth-order valence-corrected chi connectivity index (χ4v) is 2.16. The first-order valence-electron chi connectivity index (χ1n) is 6.60. The molecule has 0 bridgehead atoms. The molecule has 17 heavy (non-hydrogen) atoms. The Bertz CT molecular complexity index is 293. The Morgan fingerprint density at radius 1 is 1.06 bits per heavy atom. The van der Waals surface area contributed by atoms with Crippen LogP contribution >= 0.6 is 0 Å². The second kappa shape index (κ2) is 5.89. The number of carbonyl (C=O) groups excluding carboxylic acids is 1. The van der Waals surface area contributed by atoms with Gasteiger partial charge in [-0.3, -0.25) is 4.79 Å². The van der Waals surface area contributed by atoms with E-state index < -0.39 is 0 Å². The number of nitrogens with one attached hydrogen (secondary N) is 2. The van der Waals surface area contributed by atoms with Gasteiger partial charge in [0.2, 0.25) is 5.91 Å². The smallest absolute Gasteiger partial charge is 0.242 e.